The van der Waals surface area contributed by atoms with Crippen molar-refractivity contribution >= 4 is 29.2 Å². The van der Waals surface area contributed by atoms with Gasteiger partial charge in [0.15, 0.2) is 6.61 Å². The molecular weight excluding hydrogens is 400 g/mol. The summed E-state index contributed by atoms with van der Waals surface area (Å²) < 4.78 is 10.9. The second-order valence-electron chi connectivity index (χ2n) is 6.73. The molecule has 4 rings (SSSR count). The van der Waals surface area contributed by atoms with Crippen LogP contribution in [0.4, 0.5) is 0 Å². The van der Waals surface area contributed by atoms with Gasteiger partial charge in [0.25, 0.3) is 5.91 Å². The van der Waals surface area contributed by atoms with Crippen molar-refractivity contribution in [1.82, 2.24) is 5.01 Å². The Balaban J connectivity index is 1.54. The summed E-state index contributed by atoms with van der Waals surface area (Å²) in [5, 5.41) is 8.14. The molecule has 1 unspecified atom stereocenters. The monoisotopic (exact) mass is 420 g/mol. The molecule has 7 heteroatoms. The van der Waals surface area contributed by atoms with Crippen LogP contribution in [0.15, 0.2) is 71.1 Å². The number of benzene rings is 2. The molecule has 2 aromatic carbocycles. The standard InChI is InChI=1S/C23H20N2O4S/c1-28-19-5-2-4-17(12-19)20-13-21(22-6-3-11-30-22)25(24-20)23(27)15-29-18-9-7-16(14-26)8-10-18/h2-12,14,21H,13,15H2,1H3. The summed E-state index contributed by atoms with van der Waals surface area (Å²) in [4.78, 5) is 24.8. The number of methoxy groups -OCH3 is 1. The van der Waals surface area contributed by atoms with E-state index in [1.54, 1.807) is 42.7 Å². The van der Waals surface area contributed by atoms with Crippen LogP contribution in [0.1, 0.15) is 33.3 Å². The van der Waals surface area contributed by atoms with E-state index >= 15 is 0 Å². The Morgan fingerprint density at radius 3 is 2.70 bits per heavy atom. The van der Waals surface area contributed by atoms with E-state index in [0.717, 1.165) is 28.2 Å². The molecule has 1 aromatic heterocycles. The third kappa shape index (κ3) is 4.26. The molecule has 0 radical (unpaired) electrons. The van der Waals surface area contributed by atoms with E-state index in [-0.39, 0.29) is 18.6 Å². The van der Waals surface area contributed by atoms with Gasteiger partial charge in [0.1, 0.15) is 17.8 Å². The van der Waals surface area contributed by atoms with Crippen molar-refractivity contribution in [1.29, 1.82) is 0 Å². The molecule has 2 heterocycles. The van der Waals surface area contributed by atoms with Crippen LogP contribution in [0.3, 0.4) is 0 Å². The Morgan fingerprint density at radius 1 is 1.17 bits per heavy atom. The highest BCUT2D eigenvalue weighted by Crippen LogP contribution is 2.35. The van der Waals surface area contributed by atoms with Crippen molar-refractivity contribution in [2.45, 2.75) is 12.5 Å². The van der Waals surface area contributed by atoms with E-state index in [4.69, 9.17) is 9.47 Å². The summed E-state index contributed by atoms with van der Waals surface area (Å²) in [6.07, 6.45) is 1.38. The summed E-state index contributed by atoms with van der Waals surface area (Å²) in [6.45, 7) is -0.142. The Labute approximate surface area is 178 Å². The van der Waals surface area contributed by atoms with Gasteiger partial charge in [0.2, 0.25) is 0 Å². The van der Waals surface area contributed by atoms with Crippen molar-refractivity contribution < 1.29 is 19.1 Å². The zero-order chi connectivity index (χ0) is 20.9. The molecule has 0 saturated carbocycles. The van der Waals surface area contributed by atoms with E-state index in [1.165, 1.54) is 5.01 Å². The Morgan fingerprint density at radius 2 is 2.00 bits per heavy atom. The molecule has 0 spiro atoms. The summed E-state index contributed by atoms with van der Waals surface area (Å²) in [7, 11) is 1.62. The first-order valence-electron chi connectivity index (χ1n) is 9.43. The van der Waals surface area contributed by atoms with E-state index in [9.17, 15) is 9.59 Å². The first-order chi connectivity index (χ1) is 14.7. The van der Waals surface area contributed by atoms with Crippen molar-refractivity contribution in [2.24, 2.45) is 5.10 Å². The summed E-state index contributed by atoms with van der Waals surface area (Å²) in [5.74, 6) is 1.04. The lowest BCUT2D eigenvalue weighted by molar-refractivity contribution is -0.135. The summed E-state index contributed by atoms with van der Waals surface area (Å²) in [5.41, 5.74) is 2.31. The van der Waals surface area contributed by atoms with Crippen LogP contribution in [0, 0.1) is 0 Å². The predicted molar refractivity (Wildman–Crippen MR) is 115 cm³/mol. The number of carbonyl (C=O) groups excluding carboxylic acids is 2. The van der Waals surface area contributed by atoms with Gasteiger partial charge in [-0.05, 0) is 47.8 Å². The minimum Gasteiger partial charge on any atom is -0.497 e. The lowest BCUT2D eigenvalue weighted by Gasteiger charge is -2.20. The fraction of sp³-hybridized carbons (Fsp3) is 0.174. The number of hydrogen-bond donors (Lipinski definition) is 0. The smallest absolute Gasteiger partial charge is 0.281 e. The molecule has 0 saturated heterocycles. The van der Waals surface area contributed by atoms with Crippen LogP contribution in [0.2, 0.25) is 0 Å². The van der Waals surface area contributed by atoms with Crippen molar-refractivity contribution in [3.8, 4) is 11.5 Å². The highest BCUT2D eigenvalue weighted by Gasteiger charge is 2.34. The predicted octanol–water partition coefficient (Wildman–Crippen LogP) is 4.33. The number of rotatable bonds is 7. The summed E-state index contributed by atoms with van der Waals surface area (Å²) in [6, 6.07) is 18.1. The second-order valence-corrected chi connectivity index (χ2v) is 7.71. The van der Waals surface area contributed by atoms with Crippen LogP contribution in [-0.4, -0.2) is 36.6 Å². The third-order valence-electron chi connectivity index (χ3n) is 4.82. The zero-order valence-electron chi connectivity index (χ0n) is 16.4. The molecule has 0 aliphatic carbocycles. The van der Waals surface area contributed by atoms with Crippen molar-refractivity contribution in [3.63, 3.8) is 0 Å². The number of aldehydes is 1. The van der Waals surface area contributed by atoms with E-state index in [0.29, 0.717) is 17.7 Å². The van der Waals surface area contributed by atoms with Gasteiger partial charge in [-0.1, -0.05) is 18.2 Å². The minimum absolute atomic E-state index is 0.142. The summed E-state index contributed by atoms with van der Waals surface area (Å²) >= 11 is 1.60. The maximum Gasteiger partial charge on any atom is 0.281 e. The van der Waals surface area contributed by atoms with Crippen LogP contribution in [0.5, 0.6) is 11.5 Å². The highest BCUT2D eigenvalue weighted by molar-refractivity contribution is 7.10. The zero-order valence-corrected chi connectivity index (χ0v) is 17.2. The van der Waals surface area contributed by atoms with Crippen LogP contribution in [-0.2, 0) is 4.79 Å². The topological polar surface area (TPSA) is 68.2 Å². The van der Waals surface area contributed by atoms with Gasteiger partial charge in [-0.2, -0.15) is 5.10 Å². The highest BCUT2D eigenvalue weighted by atomic mass is 32.1. The van der Waals surface area contributed by atoms with Crippen molar-refractivity contribution in [2.75, 3.05) is 13.7 Å². The Hall–Kier alpha value is -3.45. The molecule has 0 N–H and O–H groups in total. The number of thiophene rings is 1. The lowest BCUT2D eigenvalue weighted by atomic mass is 10.0. The first kappa shape index (κ1) is 19.8. The average molecular weight is 420 g/mol. The molecule has 1 atom stereocenters. The third-order valence-corrected chi connectivity index (χ3v) is 5.79. The molecule has 30 heavy (non-hydrogen) atoms. The van der Waals surface area contributed by atoms with Crippen LogP contribution >= 0.6 is 11.3 Å². The lowest BCUT2D eigenvalue weighted by Crippen LogP contribution is -2.31. The Bertz CT molecular complexity index is 1060. The first-order valence-corrected chi connectivity index (χ1v) is 10.3. The van der Waals surface area contributed by atoms with Gasteiger partial charge in [0, 0.05) is 22.4 Å². The quantitative estimate of drug-likeness (QED) is 0.534. The maximum atomic E-state index is 13.0. The molecular formula is C23H20N2O4S. The Kier molecular flexibility index (Phi) is 5.90. The second kappa shape index (κ2) is 8.92. The number of amides is 1. The molecule has 152 valence electrons. The molecule has 0 bridgehead atoms. The van der Waals surface area contributed by atoms with Crippen molar-refractivity contribution in [3.05, 3.63) is 82.0 Å². The van der Waals surface area contributed by atoms with Gasteiger partial charge in [0.05, 0.1) is 18.9 Å². The molecule has 1 aliphatic rings. The molecule has 1 aliphatic heterocycles. The number of hydrogen-bond acceptors (Lipinski definition) is 6. The van der Waals surface area contributed by atoms with E-state index < -0.39 is 0 Å². The van der Waals surface area contributed by atoms with Gasteiger partial charge in [-0.15, -0.1) is 11.3 Å². The van der Waals surface area contributed by atoms with Gasteiger partial charge < -0.3 is 9.47 Å². The SMILES string of the molecule is COc1cccc(C2=NN(C(=O)COc3ccc(C=O)cc3)C(c3cccs3)C2)c1. The number of carbonyl (C=O) groups is 2. The van der Waals surface area contributed by atoms with Crippen LogP contribution < -0.4 is 9.47 Å². The van der Waals surface area contributed by atoms with Gasteiger partial charge in [-0.3, -0.25) is 9.59 Å². The minimum atomic E-state index is -0.231. The largest absolute Gasteiger partial charge is 0.497 e. The number of nitrogens with zero attached hydrogens (tertiary/aromatic N) is 2. The van der Waals surface area contributed by atoms with Crippen LogP contribution in [0.25, 0.3) is 0 Å². The fourth-order valence-electron chi connectivity index (χ4n) is 3.27. The molecule has 6 nitrogen and oxygen atoms in total. The van der Waals surface area contributed by atoms with E-state index in [2.05, 4.69) is 5.10 Å². The number of ether oxygens (including phenoxy) is 2. The maximum absolute atomic E-state index is 13.0. The fourth-order valence-corrected chi connectivity index (χ4v) is 4.09. The normalized spacial score (nSPS) is 15.6. The van der Waals surface area contributed by atoms with Gasteiger partial charge in [-0.25, -0.2) is 5.01 Å². The number of hydrazone groups is 1. The van der Waals surface area contributed by atoms with Gasteiger partial charge >= 0.3 is 0 Å². The molecule has 0 fully saturated rings. The van der Waals surface area contributed by atoms with E-state index in [1.807, 2.05) is 41.8 Å². The molecule has 1 amide bonds. The molecule has 3 aromatic rings. The average Bonchev–Trinajstić information content (AvgIpc) is 3.48.